The number of hydrogen-bond donors (Lipinski definition) is 0. The highest BCUT2D eigenvalue weighted by atomic mass is 16.5. The zero-order chi connectivity index (χ0) is 43.0. The smallest absolute Gasteiger partial charge is 0.261 e. The molecule has 2 amide bonds. The van der Waals surface area contributed by atoms with Crippen molar-refractivity contribution in [3.8, 4) is 22.3 Å². The zero-order valence-corrected chi connectivity index (χ0v) is 37.5. The number of hydrogen-bond acceptors (Lipinski definition) is 6. The second-order valence-corrected chi connectivity index (χ2v) is 17.2. The zero-order valence-electron chi connectivity index (χ0n) is 37.5. The molecule has 2 aliphatic carbocycles. The van der Waals surface area contributed by atoms with Crippen LogP contribution in [0.1, 0.15) is 103 Å². The summed E-state index contributed by atoms with van der Waals surface area (Å²) in [7, 11) is 0. The van der Waals surface area contributed by atoms with Gasteiger partial charge in [-0.2, -0.15) is 0 Å². The molecule has 62 heavy (non-hydrogen) atoms. The van der Waals surface area contributed by atoms with Crippen molar-refractivity contribution >= 4 is 34.6 Å². The first kappa shape index (κ1) is 43.5. The van der Waals surface area contributed by atoms with E-state index in [4.69, 9.17) is 9.47 Å². The molecule has 0 bridgehead atoms. The van der Waals surface area contributed by atoms with Crippen molar-refractivity contribution in [1.82, 2.24) is 9.80 Å². The molecule has 0 saturated heterocycles. The van der Waals surface area contributed by atoms with Gasteiger partial charge in [-0.1, -0.05) is 123 Å². The Labute approximate surface area is 370 Å². The fourth-order valence-electron chi connectivity index (χ4n) is 10.2. The molecular formula is C54H66N4O4. The lowest BCUT2D eigenvalue weighted by Crippen LogP contribution is -2.34. The van der Waals surface area contributed by atoms with Gasteiger partial charge in [0.05, 0.1) is 48.0 Å². The van der Waals surface area contributed by atoms with Crippen LogP contribution >= 0.6 is 0 Å². The summed E-state index contributed by atoms with van der Waals surface area (Å²) in [6.45, 7) is 13.5. The fourth-order valence-corrected chi connectivity index (χ4v) is 10.2. The number of nitrogens with zero attached hydrogens (tertiary/aromatic N) is 4. The van der Waals surface area contributed by atoms with E-state index in [1.165, 1.54) is 38.5 Å². The van der Waals surface area contributed by atoms with E-state index < -0.39 is 0 Å². The Hall–Kier alpha value is -5.18. The summed E-state index contributed by atoms with van der Waals surface area (Å²) in [5.41, 5.74) is 10.7. The summed E-state index contributed by atoms with van der Waals surface area (Å²) in [5, 5.41) is 0. The monoisotopic (exact) mass is 835 g/mol. The first-order valence-corrected chi connectivity index (χ1v) is 23.7. The van der Waals surface area contributed by atoms with Crippen LogP contribution in [0.5, 0.6) is 0 Å². The third-order valence-corrected chi connectivity index (χ3v) is 13.5. The summed E-state index contributed by atoms with van der Waals surface area (Å²) in [4.78, 5) is 39.3. The van der Waals surface area contributed by atoms with Crippen molar-refractivity contribution in [2.75, 3.05) is 62.3 Å². The lowest BCUT2D eigenvalue weighted by Gasteiger charge is -2.29. The van der Waals surface area contributed by atoms with Crippen LogP contribution in [-0.2, 0) is 19.1 Å². The summed E-state index contributed by atoms with van der Waals surface area (Å²) in [6, 6.07) is 33.9. The average Bonchev–Trinajstić information content (AvgIpc) is 3.77. The van der Waals surface area contributed by atoms with E-state index in [1.54, 1.807) is 0 Å². The average molecular weight is 835 g/mol. The minimum atomic E-state index is -0.144. The van der Waals surface area contributed by atoms with E-state index in [1.807, 2.05) is 21.9 Å². The summed E-state index contributed by atoms with van der Waals surface area (Å²) < 4.78 is 13.0. The van der Waals surface area contributed by atoms with Gasteiger partial charge in [0, 0.05) is 72.9 Å². The highest BCUT2D eigenvalue weighted by Crippen LogP contribution is 2.48. The minimum absolute atomic E-state index is 0.144. The predicted molar refractivity (Wildman–Crippen MR) is 254 cm³/mol. The predicted octanol–water partition coefficient (Wildman–Crippen LogP) is 11.2. The molecule has 0 spiro atoms. The number of benzene rings is 4. The Bertz CT molecular complexity index is 2070. The van der Waals surface area contributed by atoms with Gasteiger partial charge in [-0.05, 0) is 76.6 Å². The SMILES string of the molecule is CCN(CC)c1cc(C2=C3C(=O)N(CCOC4CCCCC4)C(c4ccc(-c5ccccc5)c(N(CC)CC)c4)=C3C(=O)N2CCOC2CCCCC2)ccc1-c1ccccc1. The van der Waals surface area contributed by atoms with Crippen LogP contribution in [0, 0.1) is 0 Å². The number of anilines is 2. The van der Waals surface area contributed by atoms with Gasteiger partial charge in [-0.3, -0.25) is 9.59 Å². The first-order valence-electron chi connectivity index (χ1n) is 23.7. The molecule has 8 rings (SSSR count). The van der Waals surface area contributed by atoms with Crippen molar-refractivity contribution in [3.63, 3.8) is 0 Å². The Morgan fingerprint density at radius 2 is 0.855 bits per heavy atom. The maximum absolute atomic E-state index is 15.4. The van der Waals surface area contributed by atoms with Gasteiger partial charge in [0.2, 0.25) is 0 Å². The summed E-state index contributed by atoms with van der Waals surface area (Å²) in [6.07, 6.45) is 11.8. The lowest BCUT2D eigenvalue weighted by atomic mass is 9.96. The number of rotatable bonds is 18. The Balaban J connectivity index is 1.29. The van der Waals surface area contributed by atoms with Gasteiger partial charge >= 0.3 is 0 Å². The van der Waals surface area contributed by atoms with E-state index in [0.29, 0.717) is 48.8 Å². The van der Waals surface area contributed by atoms with Gasteiger partial charge in [0.1, 0.15) is 0 Å². The van der Waals surface area contributed by atoms with Crippen LogP contribution in [0.25, 0.3) is 33.6 Å². The topological polar surface area (TPSA) is 65.6 Å². The standard InChI is InChI=1S/C54H66N4O4/c1-5-55(6-2)47-37-41(29-31-45(47)39-21-13-9-14-22-39)51-49-50(54(60)57(51)33-35-61-43-25-17-11-18-26-43)52(58(53(49)59)34-36-62-44-27-19-12-20-28-44)42-30-32-46(40-23-15-10-16-24-40)48(38-42)56(7-3)8-4/h9-10,13-16,21-24,29-32,37-38,43-44H,5-8,11-12,17-20,25-28,33-36H2,1-4H3. The molecule has 8 heteroatoms. The number of ether oxygens (including phenoxy) is 2. The molecule has 4 aliphatic rings. The van der Waals surface area contributed by atoms with Gasteiger partial charge in [-0.15, -0.1) is 0 Å². The van der Waals surface area contributed by atoms with Crippen LogP contribution in [0.4, 0.5) is 11.4 Å². The minimum Gasteiger partial charge on any atom is -0.376 e. The van der Waals surface area contributed by atoms with Crippen molar-refractivity contribution in [1.29, 1.82) is 0 Å². The summed E-state index contributed by atoms with van der Waals surface area (Å²) >= 11 is 0. The number of carbonyl (C=O) groups is 2. The fraction of sp³-hybridized carbons (Fsp3) is 0.444. The molecule has 0 unspecified atom stereocenters. The van der Waals surface area contributed by atoms with Gasteiger partial charge in [0.25, 0.3) is 11.8 Å². The highest BCUT2D eigenvalue weighted by molar-refractivity contribution is 6.30. The van der Waals surface area contributed by atoms with E-state index in [9.17, 15) is 0 Å². The first-order chi connectivity index (χ1) is 30.4. The molecule has 0 radical (unpaired) electrons. The molecule has 0 atom stereocenters. The molecule has 4 aromatic rings. The number of carbonyl (C=O) groups excluding carboxylic acids is 2. The van der Waals surface area contributed by atoms with Crippen molar-refractivity contribution in [3.05, 3.63) is 119 Å². The van der Waals surface area contributed by atoms with Crippen molar-refractivity contribution in [2.24, 2.45) is 0 Å². The van der Waals surface area contributed by atoms with Crippen molar-refractivity contribution in [2.45, 2.75) is 104 Å². The largest absolute Gasteiger partial charge is 0.376 e. The van der Waals surface area contributed by atoms with Crippen molar-refractivity contribution < 1.29 is 19.1 Å². The quantitative estimate of drug-likeness (QED) is 0.0995. The van der Waals surface area contributed by atoms with E-state index in [-0.39, 0.29) is 24.0 Å². The van der Waals surface area contributed by atoms with Crippen LogP contribution in [-0.4, -0.2) is 86.3 Å². The maximum atomic E-state index is 15.4. The van der Waals surface area contributed by atoms with Gasteiger partial charge in [0.15, 0.2) is 0 Å². The normalized spacial score (nSPS) is 17.4. The maximum Gasteiger partial charge on any atom is 0.261 e. The number of fused-ring (bicyclic) bond motifs is 1. The van der Waals surface area contributed by atoms with Gasteiger partial charge in [-0.25, -0.2) is 0 Å². The molecule has 2 aliphatic heterocycles. The molecule has 0 aromatic heterocycles. The van der Waals surface area contributed by atoms with Crippen LogP contribution in [0.15, 0.2) is 108 Å². The van der Waals surface area contributed by atoms with E-state index in [2.05, 4.69) is 122 Å². The molecule has 0 N–H and O–H groups in total. The molecule has 8 nitrogen and oxygen atoms in total. The van der Waals surface area contributed by atoms with Crippen LogP contribution in [0.3, 0.4) is 0 Å². The van der Waals surface area contributed by atoms with Gasteiger partial charge < -0.3 is 29.1 Å². The Morgan fingerprint density at radius 3 is 1.21 bits per heavy atom. The third-order valence-electron chi connectivity index (χ3n) is 13.5. The Kier molecular flexibility index (Phi) is 14.3. The third kappa shape index (κ3) is 9.00. The molecule has 326 valence electrons. The molecule has 4 aromatic carbocycles. The lowest BCUT2D eigenvalue weighted by molar-refractivity contribution is -0.124. The molecular weight excluding hydrogens is 769 g/mol. The summed E-state index contributed by atoms with van der Waals surface area (Å²) in [5.74, 6) is -0.288. The second-order valence-electron chi connectivity index (χ2n) is 17.2. The molecule has 2 saturated carbocycles. The molecule has 2 heterocycles. The number of amides is 2. The Morgan fingerprint density at radius 1 is 0.484 bits per heavy atom. The van der Waals surface area contributed by atoms with Crippen LogP contribution in [0.2, 0.25) is 0 Å². The van der Waals surface area contributed by atoms with E-state index >= 15 is 9.59 Å². The van der Waals surface area contributed by atoms with Crippen LogP contribution < -0.4 is 9.80 Å². The highest BCUT2D eigenvalue weighted by Gasteiger charge is 2.49. The molecule has 2 fully saturated rings. The second kappa shape index (κ2) is 20.3. The van der Waals surface area contributed by atoms with E-state index in [0.717, 1.165) is 96.6 Å².